The van der Waals surface area contributed by atoms with Crippen molar-refractivity contribution >= 4 is 28.5 Å². The molecule has 1 aliphatic heterocycles. The van der Waals surface area contributed by atoms with Gasteiger partial charge in [0.15, 0.2) is 0 Å². The number of halogens is 1. The zero-order chi connectivity index (χ0) is 6.85. The zero-order valence-electron chi connectivity index (χ0n) is 5.36. The van der Waals surface area contributed by atoms with Gasteiger partial charge in [-0.1, -0.05) is 22.6 Å². The van der Waals surface area contributed by atoms with Crippen LogP contribution in [0.4, 0.5) is 0 Å². The largest absolute Gasteiger partial charge is 0.354 e. The second-order valence-electron chi connectivity index (χ2n) is 2.51. The highest BCUT2D eigenvalue weighted by Crippen LogP contribution is 2.17. The normalized spacial score (nSPS) is 36.0. The highest BCUT2D eigenvalue weighted by atomic mass is 127. The molecular weight excluding hydrogens is 229 g/mol. The summed E-state index contributed by atoms with van der Waals surface area (Å²) in [6.07, 6.45) is 1.82. The SMILES string of the molecule is CC1CC(I)CC(=O)N1. The number of amides is 1. The van der Waals surface area contributed by atoms with E-state index in [-0.39, 0.29) is 5.91 Å². The molecule has 2 atom stereocenters. The van der Waals surface area contributed by atoms with Crippen molar-refractivity contribution in [3.05, 3.63) is 0 Å². The summed E-state index contributed by atoms with van der Waals surface area (Å²) < 4.78 is 0.548. The van der Waals surface area contributed by atoms with Crippen molar-refractivity contribution < 1.29 is 4.79 Å². The lowest BCUT2D eigenvalue weighted by Gasteiger charge is -2.23. The number of hydrogen-bond donors (Lipinski definition) is 1. The van der Waals surface area contributed by atoms with E-state index in [1.807, 2.05) is 6.92 Å². The van der Waals surface area contributed by atoms with E-state index in [0.29, 0.717) is 16.4 Å². The monoisotopic (exact) mass is 239 g/mol. The highest BCUT2D eigenvalue weighted by molar-refractivity contribution is 14.1. The molecule has 0 aromatic rings. The highest BCUT2D eigenvalue weighted by Gasteiger charge is 2.20. The molecule has 3 heteroatoms. The molecule has 1 fully saturated rings. The van der Waals surface area contributed by atoms with Gasteiger partial charge in [0.1, 0.15) is 0 Å². The van der Waals surface area contributed by atoms with Crippen molar-refractivity contribution in [1.29, 1.82) is 0 Å². The Labute approximate surface area is 68.5 Å². The molecule has 2 unspecified atom stereocenters. The van der Waals surface area contributed by atoms with E-state index in [2.05, 4.69) is 27.9 Å². The Morgan fingerprint density at radius 2 is 2.44 bits per heavy atom. The van der Waals surface area contributed by atoms with E-state index in [0.717, 1.165) is 6.42 Å². The maximum atomic E-state index is 10.8. The molecule has 0 aromatic carbocycles. The summed E-state index contributed by atoms with van der Waals surface area (Å²) in [4.78, 5) is 10.8. The molecule has 1 N–H and O–H groups in total. The van der Waals surface area contributed by atoms with Crippen LogP contribution in [0.2, 0.25) is 0 Å². The quantitative estimate of drug-likeness (QED) is 0.497. The van der Waals surface area contributed by atoms with Gasteiger partial charge >= 0.3 is 0 Å². The van der Waals surface area contributed by atoms with E-state index >= 15 is 0 Å². The average molecular weight is 239 g/mol. The van der Waals surface area contributed by atoms with Crippen molar-refractivity contribution in [2.24, 2.45) is 0 Å². The molecule has 0 bridgehead atoms. The Bertz CT molecular complexity index is 114. The van der Waals surface area contributed by atoms with Crippen LogP contribution in [-0.4, -0.2) is 15.9 Å². The Morgan fingerprint density at radius 3 is 2.89 bits per heavy atom. The molecule has 1 saturated heterocycles. The maximum Gasteiger partial charge on any atom is 0.221 e. The molecule has 0 saturated carbocycles. The lowest BCUT2D eigenvalue weighted by atomic mass is 10.1. The van der Waals surface area contributed by atoms with Gasteiger partial charge in [-0.25, -0.2) is 0 Å². The summed E-state index contributed by atoms with van der Waals surface area (Å²) in [5.74, 6) is 0.202. The number of nitrogens with one attached hydrogen (secondary N) is 1. The number of rotatable bonds is 0. The first-order chi connectivity index (χ1) is 4.18. The zero-order valence-corrected chi connectivity index (χ0v) is 7.51. The van der Waals surface area contributed by atoms with Crippen LogP contribution in [0.3, 0.4) is 0 Å². The fourth-order valence-corrected chi connectivity index (χ4v) is 2.22. The van der Waals surface area contributed by atoms with Gasteiger partial charge in [-0.15, -0.1) is 0 Å². The van der Waals surface area contributed by atoms with Gasteiger partial charge in [0, 0.05) is 16.4 Å². The second kappa shape index (κ2) is 2.86. The Morgan fingerprint density at radius 1 is 1.78 bits per heavy atom. The molecule has 2 nitrogen and oxygen atoms in total. The fraction of sp³-hybridized carbons (Fsp3) is 0.833. The van der Waals surface area contributed by atoms with Crippen LogP contribution in [0.1, 0.15) is 19.8 Å². The Balaban J connectivity index is 2.43. The summed E-state index contributed by atoms with van der Waals surface area (Å²) in [6.45, 7) is 2.04. The molecule has 1 rings (SSSR count). The standard InChI is InChI=1S/C6H10INO/c1-4-2-5(7)3-6(9)8-4/h4-5H,2-3H2,1H3,(H,8,9). The first-order valence-electron chi connectivity index (χ1n) is 3.12. The lowest BCUT2D eigenvalue weighted by molar-refractivity contribution is -0.122. The van der Waals surface area contributed by atoms with Gasteiger partial charge in [0.2, 0.25) is 5.91 Å². The number of carbonyl (C=O) groups excluding carboxylic acids is 1. The van der Waals surface area contributed by atoms with Crippen molar-refractivity contribution in [3.8, 4) is 0 Å². The molecule has 0 aromatic heterocycles. The smallest absolute Gasteiger partial charge is 0.221 e. The van der Waals surface area contributed by atoms with Crippen molar-refractivity contribution in [2.45, 2.75) is 29.7 Å². The molecule has 9 heavy (non-hydrogen) atoms. The molecule has 1 aliphatic rings. The average Bonchev–Trinajstić information content (AvgIpc) is 1.59. The maximum absolute atomic E-state index is 10.8. The van der Waals surface area contributed by atoms with Crippen LogP contribution >= 0.6 is 22.6 Å². The van der Waals surface area contributed by atoms with Crippen LogP contribution in [-0.2, 0) is 4.79 Å². The predicted molar refractivity (Wildman–Crippen MR) is 44.6 cm³/mol. The Kier molecular flexibility index (Phi) is 2.32. The number of carbonyl (C=O) groups is 1. The van der Waals surface area contributed by atoms with Gasteiger partial charge in [-0.05, 0) is 13.3 Å². The van der Waals surface area contributed by atoms with Crippen molar-refractivity contribution in [2.75, 3.05) is 0 Å². The third-order valence-electron chi connectivity index (χ3n) is 1.42. The van der Waals surface area contributed by atoms with Crippen LogP contribution < -0.4 is 5.32 Å². The number of hydrogen-bond acceptors (Lipinski definition) is 1. The summed E-state index contributed by atoms with van der Waals surface area (Å²) in [7, 11) is 0. The van der Waals surface area contributed by atoms with E-state index < -0.39 is 0 Å². The molecule has 1 amide bonds. The third kappa shape index (κ3) is 2.12. The fourth-order valence-electron chi connectivity index (χ4n) is 1.06. The van der Waals surface area contributed by atoms with E-state index in [1.165, 1.54) is 0 Å². The van der Waals surface area contributed by atoms with E-state index in [9.17, 15) is 4.79 Å². The van der Waals surface area contributed by atoms with Crippen LogP contribution in [0.15, 0.2) is 0 Å². The second-order valence-corrected chi connectivity index (χ2v) is 4.27. The van der Waals surface area contributed by atoms with Crippen LogP contribution in [0, 0.1) is 0 Å². The minimum absolute atomic E-state index is 0.202. The van der Waals surface area contributed by atoms with Gasteiger partial charge in [-0.3, -0.25) is 4.79 Å². The van der Waals surface area contributed by atoms with Gasteiger partial charge in [0.05, 0.1) is 0 Å². The van der Waals surface area contributed by atoms with Crippen molar-refractivity contribution in [3.63, 3.8) is 0 Å². The topological polar surface area (TPSA) is 29.1 Å². The number of alkyl halides is 1. The van der Waals surface area contributed by atoms with Gasteiger partial charge < -0.3 is 5.32 Å². The molecule has 0 spiro atoms. The van der Waals surface area contributed by atoms with Gasteiger partial charge in [-0.2, -0.15) is 0 Å². The summed E-state index contributed by atoms with van der Waals surface area (Å²) >= 11 is 2.33. The minimum Gasteiger partial charge on any atom is -0.354 e. The predicted octanol–water partition coefficient (Wildman–Crippen LogP) is 1.09. The van der Waals surface area contributed by atoms with Crippen molar-refractivity contribution in [1.82, 2.24) is 5.32 Å². The first-order valence-corrected chi connectivity index (χ1v) is 4.36. The van der Waals surface area contributed by atoms with E-state index in [1.54, 1.807) is 0 Å². The molecule has 1 heterocycles. The van der Waals surface area contributed by atoms with Crippen LogP contribution in [0.25, 0.3) is 0 Å². The molecular formula is C6H10INO. The van der Waals surface area contributed by atoms with Crippen LogP contribution in [0.5, 0.6) is 0 Å². The summed E-state index contributed by atoms with van der Waals surface area (Å²) in [6, 6.07) is 0.383. The summed E-state index contributed by atoms with van der Waals surface area (Å²) in [5, 5.41) is 2.87. The lowest BCUT2D eigenvalue weighted by Crippen LogP contribution is -2.40. The number of piperidine rings is 1. The molecule has 52 valence electrons. The third-order valence-corrected chi connectivity index (χ3v) is 2.37. The Hall–Kier alpha value is 0.200. The van der Waals surface area contributed by atoms with E-state index in [4.69, 9.17) is 0 Å². The summed E-state index contributed by atoms with van der Waals surface area (Å²) in [5.41, 5.74) is 0. The van der Waals surface area contributed by atoms with Gasteiger partial charge in [0.25, 0.3) is 0 Å². The first kappa shape index (κ1) is 7.31. The minimum atomic E-state index is 0.202. The molecule has 0 aliphatic carbocycles. The molecule has 0 radical (unpaired) electrons.